The Morgan fingerprint density at radius 1 is 1.58 bits per heavy atom. The molecule has 0 unspecified atom stereocenters. The average molecular weight is 348 g/mol. The summed E-state index contributed by atoms with van der Waals surface area (Å²) in [6, 6.07) is 4.91. The van der Waals surface area contributed by atoms with Gasteiger partial charge in [-0.3, -0.25) is 4.79 Å². The van der Waals surface area contributed by atoms with Crippen molar-refractivity contribution in [1.29, 1.82) is 0 Å². The first kappa shape index (κ1) is 16.3. The Kier molecular flexibility index (Phi) is 5.70. The van der Waals surface area contributed by atoms with Crippen LogP contribution in [0, 0.1) is 0 Å². The first-order valence-electron chi connectivity index (χ1n) is 5.72. The number of ether oxygens (including phenoxy) is 1. The zero-order chi connectivity index (χ0) is 14.6. The van der Waals surface area contributed by atoms with Crippen LogP contribution >= 0.6 is 27.7 Å². The van der Waals surface area contributed by atoms with Crippen LogP contribution in [0.5, 0.6) is 5.75 Å². The second-order valence-electron chi connectivity index (χ2n) is 4.68. The number of carbonyl (C=O) groups is 1. The van der Waals surface area contributed by atoms with Crippen LogP contribution in [0.2, 0.25) is 0 Å². The van der Waals surface area contributed by atoms with Crippen molar-refractivity contribution in [3.63, 3.8) is 0 Å². The van der Waals surface area contributed by atoms with E-state index in [4.69, 9.17) is 15.6 Å². The minimum atomic E-state index is -0.978. The van der Waals surface area contributed by atoms with Crippen LogP contribution in [0.4, 0.5) is 0 Å². The molecule has 0 saturated carbocycles. The molecule has 0 heterocycles. The Bertz CT molecular complexity index is 465. The number of benzene rings is 1. The summed E-state index contributed by atoms with van der Waals surface area (Å²) in [4.78, 5) is 10.9. The van der Waals surface area contributed by atoms with Gasteiger partial charge in [-0.1, -0.05) is 6.07 Å². The zero-order valence-electron chi connectivity index (χ0n) is 11.1. The number of hydrogen-bond acceptors (Lipinski definition) is 4. The molecule has 0 aliphatic heterocycles. The first-order valence-corrected chi connectivity index (χ1v) is 7.50. The topological polar surface area (TPSA) is 72.5 Å². The SMILES string of the molecule is COc1ccc(CSC(C)(C)[C@@H](N)C(=O)O)cc1Br. The summed E-state index contributed by atoms with van der Waals surface area (Å²) in [6.07, 6.45) is 0. The van der Waals surface area contributed by atoms with Gasteiger partial charge in [0.05, 0.1) is 11.6 Å². The quantitative estimate of drug-likeness (QED) is 0.827. The summed E-state index contributed by atoms with van der Waals surface area (Å²) >= 11 is 4.95. The fourth-order valence-corrected chi connectivity index (χ4v) is 3.04. The van der Waals surface area contributed by atoms with Crippen molar-refractivity contribution in [3.05, 3.63) is 28.2 Å². The Hall–Kier alpha value is -0.720. The molecule has 0 aliphatic rings. The van der Waals surface area contributed by atoms with Gasteiger partial charge in [0.25, 0.3) is 0 Å². The maximum Gasteiger partial charge on any atom is 0.321 e. The number of nitrogens with two attached hydrogens (primary N) is 1. The highest BCUT2D eigenvalue weighted by molar-refractivity contribution is 9.10. The van der Waals surface area contributed by atoms with Crippen LogP contribution in [-0.2, 0) is 10.5 Å². The summed E-state index contributed by atoms with van der Waals surface area (Å²) in [7, 11) is 1.61. The average Bonchev–Trinajstić information content (AvgIpc) is 2.35. The number of aliphatic carboxylic acids is 1. The maximum atomic E-state index is 10.9. The summed E-state index contributed by atoms with van der Waals surface area (Å²) in [5.41, 5.74) is 6.77. The van der Waals surface area contributed by atoms with E-state index in [-0.39, 0.29) is 0 Å². The van der Waals surface area contributed by atoms with E-state index in [1.807, 2.05) is 32.0 Å². The monoisotopic (exact) mass is 347 g/mol. The molecular formula is C13H18BrNO3S. The summed E-state index contributed by atoms with van der Waals surface area (Å²) in [5.74, 6) is 0.486. The van der Waals surface area contributed by atoms with E-state index < -0.39 is 16.8 Å². The predicted molar refractivity (Wildman–Crippen MR) is 81.7 cm³/mol. The number of thioether (sulfide) groups is 1. The lowest BCUT2D eigenvalue weighted by Gasteiger charge is -2.28. The third-order valence-corrected chi connectivity index (χ3v) is 4.94. The van der Waals surface area contributed by atoms with Crippen molar-refractivity contribution in [2.75, 3.05) is 7.11 Å². The van der Waals surface area contributed by atoms with Crippen LogP contribution < -0.4 is 10.5 Å². The third-order valence-electron chi connectivity index (χ3n) is 2.84. The van der Waals surface area contributed by atoms with Gasteiger partial charge in [-0.05, 0) is 47.5 Å². The molecule has 1 aromatic carbocycles. The molecule has 0 aromatic heterocycles. The van der Waals surface area contributed by atoms with Crippen LogP contribution in [-0.4, -0.2) is 29.0 Å². The van der Waals surface area contributed by atoms with E-state index in [9.17, 15) is 4.79 Å². The van der Waals surface area contributed by atoms with Crippen molar-refractivity contribution < 1.29 is 14.6 Å². The summed E-state index contributed by atoms with van der Waals surface area (Å²) in [5, 5.41) is 8.96. The van der Waals surface area contributed by atoms with E-state index in [0.717, 1.165) is 15.8 Å². The second-order valence-corrected chi connectivity index (χ2v) is 7.16. The number of rotatable bonds is 6. The highest BCUT2D eigenvalue weighted by Crippen LogP contribution is 2.33. The second kappa shape index (κ2) is 6.63. The largest absolute Gasteiger partial charge is 0.496 e. The molecule has 3 N–H and O–H groups in total. The van der Waals surface area contributed by atoms with Crippen molar-refractivity contribution in [2.24, 2.45) is 5.73 Å². The van der Waals surface area contributed by atoms with Crippen molar-refractivity contribution in [2.45, 2.75) is 30.4 Å². The van der Waals surface area contributed by atoms with Gasteiger partial charge in [0.2, 0.25) is 0 Å². The molecule has 1 aromatic rings. The molecule has 0 spiro atoms. The lowest BCUT2D eigenvalue weighted by atomic mass is 10.1. The van der Waals surface area contributed by atoms with Crippen molar-refractivity contribution >= 4 is 33.7 Å². The third kappa shape index (κ3) is 4.40. The fourth-order valence-electron chi connectivity index (χ4n) is 1.46. The van der Waals surface area contributed by atoms with E-state index >= 15 is 0 Å². The molecule has 0 radical (unpaired) electrons. The molecule has 4 nitrogen and oxygen atoms in total. The Labute approximate surface area is 125 Å². The van der Waals surface area contributed by atoms with Gasteiger partial charge >= 0.3 is 5.97 Å². The Morgan fingerprint density at radius 2 is 2.21 bits per heavy atom. The number of methoxy groups -OCH3 is 1. The van der Waals surface area contributed by atoms with Crippen molar-refractivity contribution in [1.82, 2.24) is 0 Å². The van der Waals surface area contributed by atoms with Gasteiger partial charge in [-0.2, -0.15) is 0 Å². The molecule has 0 fully saturated rings. The maximum absolute atomic E-state index is 10.9. The highest BCUT2D eigenvalue weighted by atomic mass is 79.9. The van der Waals surface area contributed by atoms with Gasteiger partial charge in [0, 0.05) is 10.5 Å². The van der Waals surface area contributed by atoms with E-state index in [1.165, 1.54) is 11.8 Å². The lowest BCUT2D eigenvalue weighted by molar-refractivity contribution is -0.139. The fraction of sp³-hybridized carbons (Fsp3) is 0.462. The van der Waals surface area contributed by atoms with Gasteiger partial charge in [-0.15, -0.1) is 11.8 Å². The number of carboxylic acids is 1. The molecule has 0 bridgehead atoms. The molecular weight excluding hydrogens is 330 g/mol. The number of halogens is 1. The van der Waals surface area contributed by atoms with E-state index in [1.54, 1.807) is 7.11 Å². The minimum Gasteiger partial charge on any atom is -0.496 e. The number of carboxylic acid groups (broad SMARTS) is 1. The van der Waals surface area contributed by atoms with Crippen LogP contribution in [0.1, 0.15) is 19.4 Å². The van der Waals surface area contributed by atoms with Gasteiger partial charge in [0.15, 0.2) is 0 Å². The summed E-state index contributed by atoms with van der Waals surface area (Å²) in [6.45, 7) is 3.68. The van der Waals surface area contributed by atoms with Gasteiger partial charge < -0.3 is 15.6 Å². The first-order chi connectivity index (χ1) is 8.77. The molecule has 1 atom stereocenters. The molecule has 106 valence electrons. The molecule has 0 saturated heterocycles. The zero-order valence-corrected chi connectivity index (χ0v) is 13.5. The molecule has 1 rings (SSSR count). The molecule has 19 heavy (non-hydrogen) atoms. The predicted octanol–water partition coefficient (Wildman–Crippen LogP) is 2.88. The molecule has 0 aliphatic carbocycles. The smallest absolute Gasteiger partial charge is 0.321 e. The van der Waals surface area contributed by atoms with Crippen LogP contribution in [0.3, 0.4) is 0 Å². The molecule has 0 amide bonds. The normalized spacial score (nSPS) is 13.1. The van der Waals surface area contributed by atoms with Gasteiger partial charge in [0.1, 0.15) is 11.8 Å². The van der Waals surface area contributed by atoms with E-state index in [0.29, 0.717) is 5.75 Å². The van der Waals surface area contributed by atoms with E-state index in [2.05, 4.69) is 15.9 Å². The lowest BCUT2D eigenvalue weighted by Crippen LogP contribution is -2.46. The molecule has 6 heteroatoms. The Morgan fingerprint density at radius 3 is 2.68 bits per heavy atom. The highest BCUT2D eigenvalue weighted by Gasteiger charge is 2.32. The van der Waals surface area contributed by atoms with Gasteiger partial charge in [-0.25, -0.2) is 0 Å². The van der Waals surface area contributed by atoms with Crippen molar-refractivity contribution in [3.8, 4) is 5.75 Å². The van der Waals surface area contributed by atoms with Crippen LogP contribution in [0.25, 0.3) is 0 Å². The van der Waals surface area contributed by atoms with Crippen LogP contribution in [0.15, 0.2) is 22.7 Å². The number of hydrogen-bond donors (Lipinski definition) is 2. The Balaban J connectivity index is 2.71. The standard InChI is InChI=1S/C13H18BrNO3S/c1-13(2,11(15)12(16)17)19-7-8-4-5-10(18-3)9(14)6-8/h4-6,11H,7,15H2,1-3H3,(H,16,17)/t11-/m0/s1. The summed E-state index contributed by atoms with van der Waals surface area (Å²) < 4.78 is 5.52. The minimum absolute atomic E-state index is 0.530.